The van der Waals surface area contributed by atoms with E-state index in [1.807, 2.05) is 6.08 Å². The van der Waals surface area contributed by atoms with Crippen molar-refractivity contribution in [3.8, 4) is 0 Å². The van der Waals surface area contributed by atoms with Crippen LogP contribution < -0.4 is 0 Å². The van der Waals surface area contributed by atoms with Gasteiger partial charge in [-0.25, -0.2) is 0 Å². The number of hydrogen-bond acceptors (Lipinski definition) is 1. The van der Waals surface area contributed by atoms with Crippen molar-refractivity contribution in [3.63, 3.8) is 0 Å². The third kappa shape index (κ3) is 3.37. The topological polar surface area (TPSA) is 3.24 Å². The van der Waals surface area contributed by atoms with Gasteiger partial charge in [-0.15, -0.1) is 0 Å². The van der Waals surface area contributed by atoms with E-state index in [0.717, 1.165) is 18.7 Å². The normalized spacial score (nSPS) is 15.1. The number of hydrogen-bond donors (Lipinski definition) is 0. The summed E-state index contributed by atoms with van der Waals surface area (Å²) in [7, 11) is 0. The molecule has 0 atom stereocenters. The van der Waals surface area contributed by atoms with Crippen LogP contribution in [0.4, 0.5) is 0 Å². The van der Waals surface area contributed by atoms with E-state index >= 15 is 0 Å². The Kier molecular flexibility index (Phi) is 3.94. The SMILES string of the molecule is C=C1C=CC=CN1CCC(C)(C)c1ccc(C)cc1. The van der Waals surface area contributed by atoms with Crippen LogP contribution in [0.1, 0.15) is 31.4 Å². The zero-order chi connectivity index (χ0) is 13.9. The summed E-state index contributed by atoms with van der Waals surface area (Å²) in [6.07, 6.45) is 9.36. The van der Waals surface area contributed by atoms with Gasteiger partial charge in [0.15, 0.2) is 0 Å². The predicted octanol–water partition coefficient (Wildman–Crippen LogP) is 4.56. The lowest BCUT2D eigenvalue weighted by Crippen LogP contribution is -2.26. The minimum absolute atomic E-state index is 0.184. The van der Waals surface area contributed by atoms with E-state index in [-0.39, 0.29) is 5.41 Å². The van der Waals surface area contributed by atoms with Crippen LogP contribution in [0.3, 0.4) is 0 Å². The van der Waals surface area contributed by atoms with Gasteiger partial charge >= 0.3 is 0 Å². The summed E-state index contributed by atoms with van der Waals surface area (Å²) >= 11 is 0. The second kappa shape index (κ2) is 5.48. The maximum atomic E-state index is 4.07. The molecule has 2 rings (SSSR count). The molecule has 0 unspecified atom stereocenters. The van der Waals surface area contributed by atoms with E-state index in [1.165, 1.54) is 11.1 Å². The summed E-state index contributed by atoms with van der Waals surface area (Å²) in [6.45, 7) is 11.8. The first-order valence-electron chi connectivity index (χ1n) is 6.87. The van der Waals surface area contributed by atoms with Crippen LogP contribution in [-0.4, -0.2) is 11.4 Å². The fraction of sp³-hybridized carbons (Fsp3) is 0.333. The van der Waals surface area contributed by atoms with Gasteiger partial charge in [0.25, 0.3) is 0 Å². The Bertz CT molecular complexity index is 503. The molecule has 1 aliphatic rings. The van der Waals surface area contributed by atoms with Crippen molar-refractivity contribution in [2.75, 3.05) is 6.54 Å². The van der Waals surface area contributed by atoms with Crippen molar-refractivity contribution >= 4 is 0 Å². The van der Waals surface area contributed by atoms with Crippen LogP contribution in [0.25, 0.3) is 0 Å². The third-order valence-corrected chi connectivity index (χ3v) is 3.85. The van der Waals surface area contributed by atoms with E-state index < -0.39 is 0 Å². The summed E-state index contributed by atoms with van der Waals surface area (Å²) in [5.74, 6) is 0. The molecule has 0 bridgehead atoms. The fourth-order valence-corrected chi connectivity index (χ4v) is 2.28. The number of aryl methyl sites for hydroxylation is 1. The summed E-state index contributed by atoms with van der Waals surface area (Å²) in [6, 6.07) is 8.88. The minimum atomic E-state index is 0.184. The molecule has 0 aliphatic carbocycles. The molecule has 0 saturated carbocycles. The standard InChI is InChI=1S/C18H23N/c1-15-8-10-17(11-9-15)18(3,4)12-14-19-13-6-5-7-16(19)2/h5-11,13H,2,12,14H2,1,3-4H3. The maximum absolute atomic E-state index is 4.07. The van der Waals surface area contributed by atoms with Gasteiger partial charge in [-0.05, 0) is 36.5 Å². The highest BCUT2D eigenvalue weighted by molar-refractivity contribution is 5.28. The van der Waals surface area contributed by atoms with E-state index in [2.05, 4.69) is 74.9 Å². The monoisotopic (exact) mass is 253 g/mol. The summed E-state index contributed by atoms with van der Waals surface area (Å²) in [5.41, 5.74) is 3.97. The molecule has 19 heavy (non-hydrogen) atoms. The summed E-state index contributed by atoms with van der Waals surface area (Å²) < 4.78 is 0. The van der Waals surface area contributed by atoms with E-state index in [4.69, 9.17) is 0 Å². The lowest BCUT2D eigenvalue weighted by Gasteiger charge is -2.30. The van der Waals surface area contributed by atoms with Gasteiger partial charge in [-0.2, -0.15) is 0 Å². The van der Waals surface area contributed by atoms with Crippen LogP contribution in [0.2, 0.25) is 0 Å². The first-order chi connectivity index (χ1) is 8.99. The lowest BCUT2D eigenvalue weighted by atomic mass is 9.81. The van der Waals surface area contributed by atoms with Gasteiger partial charge in [-0.1, -0.05) is 56.3 Å². The van der Waals surface area contributed by atoms with Gasteiger partial charge in [0.2, 0.25) is 0 Å². The van der Waals surface area contributed by atoms with E-state index in [9.17, 15) is 0 Å². The Hall–Kier alpha value is -1.76. The van der Waals surface area contributed by atoms with Crippen molar-refractivity contribution in [2.24, 2.45) is 0 Å². The van der Waals surface area contributed by atoms with Crippen molar-refractivity contribution in [1.29, 1.82) is 0 Å². The van der Waals surface area contributed by atoms with Crippen molar-refractivity contribution < 1.29 is 0 Å². The Balaban J connectivity index is 2.01. The van der Waals surface area contributed by atoms with Crippen LogP contribution >= 0.6 is 0 Å². The van der Waals surface area contributed by atoms with Gasteiger partial charge in [0, 0.05) is 18.4 Å². The fourth-order valence-electron chi connectivity index (χ4n) is 2.28. The molecule has 0 aromatic heterocycles. The molecule has 1 aliphatic heterocycles. The summed E-state index contributed by atoms with van der Waals surface area (Å²) in [5, 5.41) is 0. The van der Waals surface area contributed by atoms with E-state index in [0.29, 0.717) is 0 Å². The molecule has 0 saturated heterocycles. The van der Waals surface area contributed by atoms with Crippen molar-refractivity contribution in [1.82, 2.24) is 4.90 Å². The van der Waals surface area contributed by atoms with Crippen LogP contribution in [0.5, 0.6) is 0 Å². The molecule has 0 N–H and O–H groups in total. The Labute approximate surface area is 116 Å². The molecule has 0 spiro atoms. The Morgan fingerprint density at radius 2 is 1.79 bits per heavy atom. The molecular formula is C18H23N. The molecule has 0 radical (unpaired) electrons. The molecule has 1 heteroatoms. The molecule has 1 aromatic carbocycles. The van der Waals surface area contributed by atoms with Gasteiger partial charge in [0.05, 0.1) is 0 Å². The van der Waals surface area contributed by atoms with Crippen LogP contribution in [0, 0.1) is 6.92 Å². The Morgan fingerprint density at radius 3 is 2.42 bits per heavy atom. The average molecular weight is 253 g/mol. The van der Waals surface area contributed by atoms with Crippen LogP contribution in [-0.2, 0) is 5.41 Å². The summed E-state index contributed by atoms with van der Waals surface area (Å²) in [4.78, 5) is 2.22. The second-order valence-corrected chi connectivity index (χ2v) is 5.89. The first kappa shape index (κ1) is 13.7. The van der Waals surface area contributed by atoms with Gasteiger partial charge in [0.1, 0.15) is 0 Å². The number of nitrogens with zero attached hydrogens (tertiary/aromatic N) is 1. The highest BCUT2D eigenvalue weighted by Crippen LogP contribution is 2.28. The van der Waals surface area contributed by atoms with Crippen LogP contribution in [0.15, 0.2) is 61.0 Å². The Morgan fingerprint density at radius 1 is 1.11 bits per heavy atom. The molecule has 1 heterocycles. The molecule has 1 nitrogen and oxygen atoms in total. The maximum Gasteiger partial charge on any atom is 0.0333 e. The predicted molar refractivity (Wildman–Crippen MR) is 82.9 cm³/mol. The highest BCUT2D eigenvalue weighted by atomic mass is 15.1. The van der Waals surface area contributed by atoms with Gasteiger partial charge in [-0.3, -0.25) is 0 Å². The van der Waals surface area contributed by atoms with Gasteiger partial charge < -0.3 is 4.90 Å². The molecule has 1 aromatic rings. The van der Waals surface area contributed by atoms with E-state index in [1.54, 1.807) is 0 Å². The second-order valence-electron chi connectivity index (χ2n) is 5.89. The zero-order valence-corrected chi connectivity index (χ0v) is 12.2. The molecule has 0 amide bonds. The molecule has 0 fully saturated rings. The van der Waals surface area contributed by atoms with Crippen molar-refractivity contribution in [2.45, 2.75) is 32.6 Å². The molecule has 100 valence electrons. The molecular weight excluding hydrogens is 230 g/mol. The van der Waals surface area contributed by atoms with Crippen molar-refractivity contribution in [3.05, 3.63) is 72.1 Å². The quantitative estimate of drug-likeness (QED) is 0.760. The average Bonchev–Trinajstić information content (AvgIpc) is 2.38. The lowest BCUT2D eigenvalue weighted by molar-refractivity contribution is 0.380. The number of allylic oxidation sites excluding steroid dienone is 3. The zero-order valence-electron chi connectivity index (χ0n) is 12.2. The number of rotatable bonds is 4. The largest absolute Gasteiger partial charge is 0.348 e. The smallest absolute Gasteiger partial charge is 0.0333 e. The first-order valence-corrected chi connectivity index (χ1v) is 6.87. The number of benzene rings is 1. The minimum Gasteiger partial charge on any atom is -0.348 e. The third-order valence-electron chi connectivity index (χ3n) is 3.85. The highest BCUT2D eigenvalue weighted by Gasteiger charge is 2.21.